The zero-order chi connectivity index (χ0) is 46.0. The molecule has 0 amide bonds. The third kappa shape index (κ3) is 43.9. The average Bonchev–Trinajstić information content (AvgIpc) is 3.22. The minimum Gasteiger partial charge on any atom is -0.756 e. The fraction of sp³-hybridized carbons (Fsp3) is 0.920. The lowest BCUT2D eigenvalue weighted by Crippen LogP contribution is -2.37. The quantitative estimate of drug-likeness (QED) is 0.0198. The maximum absolute atomic E-state index is 12.7. The van der Waals surface area contributed by atoms with Gasteiger partial charge in [-0.1, -0.05) is 193 Å². The molecule has 0 aliphatic carbocycles. The summed E-state index contributed by atoms with van der Waals surface area (Å²) in [7, 11) is 1.08. The summed E-state index contributed by atoms with van der Waals surface area (Å²) in [6.45, 7) is 4.03. The van der Waals surface area contributed by atoms with Crippen molar-refractivity contribution in [3.63, 3.8) is 0 Å². The number of carbonyl (C=O) groups excluding carboxylic acids is 2. The molecular weight excluding hydrogens is 806 g/mol. The van der Waals surface area contributed by atoms with Crippen LogP contribution in [-0.2, 0) is 32.7 Å². The maximum atomic E-state index is 12.7. The Morgan fingerprint density at radius 2 is 1.00 bits per heavy atom. The van der Waals surface area contributed by atoms with Crippen LogP contribution in [0.2, 0.25) is 0 Å². The highest BCUT2D eigenvalue weighted by atomic mass is 31.2. The summed E-state index contributed by atoms with van der Waals surface area (Å²) >= 11 is 0. The van der Waals surface area contributed by atoms with Crippen molar-refractivity contribution in [3.8, 4) is 0 Å². The number of ether oxygens (including phenoxy) is 2. The van der Waals surface area contributed by atoms with Gasteiger partial charge in [0, 0.05) is 12.8 Å². The molecule has 11 nitrogen and oxygen atoms in total. The van der Waals surface area contributed by atoms with Crippen molar-refractivity contribution in [2.24, 2.45) is 0 Å². The van der Waals surface area contributed by atoms with Gasteiger partial charge in [0.15, 0.2) is 6.10 Å². The lowest BCUT2D eigenvalue weighted by Gasteiger charge is -2.28. The van der Waals surface area contributed by atoms with Crippen LogP contribution in [0.4, 0.5) is 0 Å². The highest BCUT2D eigenvalue weighted by Gasteiger charge is 2.22. The van der Waals surface area contributed by atoms with Crippen molar-refractivity contribution in [1.29, 1.82) is 0 Å². The number of carbonyl (C=O) groups is 2. The van der Waals surface area contributed by atoms with E-state index in [0.29, 0.717) is 36.7 Å². The van der Waals surface area contributed by atoms with Crippen LogP contribution < -0.4 is 4.89 Å². The second-order valence-corrected chi connectivity index (χ2v) is 20.3. The van der Waals surface area contributed by atoms with Crippen LogP contribution in [0, 0.1) is 0 Å². The number of phosphoric ester groups is 1. The van der Waals surface area contributed by atoms with Crippen LogP contribution in [0.1, 0.15) is 232 Å². The molecule has 12 heteroatoms. The number of aliphatic hydroxyl groups excluding tert-OH is 2. The van der Waals surface area contributed by atoms with Crippen LogP contribution in [0.5, 0.6) is 0 Å². The summed E-state index contributed by atoms with van der Waals surface area (Å²) in [5.74, 6) is -0.933. The monoisotopic (exact) mass is 904 g/mol. The molecule has 0 bridgehead atoms. The van der Waals surface area contributed by atoms with Gasteiger partial charge in [-0.15, -0.1) is 0 Å². The van der Waals surface area contributed by atoms with Crippen LogP contribution >= 0.6 is 7.82 Å². The number of unbranched alkanes of at least 4 members (excludes halogenated alkanes) is 27. The van der Waals surface area contributed by atoms with Gasteiger partial charge >= 0.3 is 11.9 Å². The van der Waals surface area contributed by atoms with E-state index < -0.39 is 44.7 Å². The molecule has 0 aliphatic heterocycles. The molecule has 0 spiro atoms. The number of phosphoric acid groups is 1. The SMILES string of the molecule is CCCCC/C=C\C[C@H](O)[C@@H](O)CCCCCCCC(=O)O[C@H](COC(=O)CCCCCCCCCCCCCCCCCCCCCCC)COP(=O)([O-])OCC[N+](C)(C)C. The van der Waals surface area contributed by atoms with E-state index in [0.717, 1.165) is 51.4 Å². The Kier molecular flexibility index (Phi) is 41.4. The van der Waals surface area contributed by atoms with E-state index >= 15 is 0 Å². The van der Waals surface area contributed by atoms with Crippen LogP contribution in [0.15, 0.2) is 12.2 Å². The van der Waals surface area contributed by atoms with Crippen molar-refractivity contribution in [2.75, 3.05) is 47.5 Å². The first kappa shape index (κ1) is 60.7. The van der Waals surface area contributed by atoms with Crippen molar-refractivity contribution in [3.05, 3.63) is 12.2 Å². The first-order valence-electron chi connectivity index (χ1n) is 25.6. The Morgan fingerprint density at radius 3 is 1.48 bits per heavy atom. The van der Waals surface area contributed by atoms with E-state index in [2.05, 4.69) is 19.9 Å². The number of hydrogen-bond donors (Lipinski definition) is 2. The van der Waals surface area contributed by atoms with Gasteiger partial charge in [0.25, 0.3) is 7.82 Å². The summed E-state index contributed by atoms with van der Waals surface area (Å²) in [4.78, 5) is 37.7. The summed E-state index contributed by atoms with van der Waals surface area (Å²) in [5, 5.41) is 20.5. The number of aliphatic hydroxyl groups is 2. The maximum Gasteiger partial charge on any atom is 0.306 e. The van der Waals surface area contributed by atoms with Crippen molar-refractivity contribution >= 4 is 19.8 Å². The molecule has 0 saturated carbocycles. The van der Waals surface area contributed by atoms with Crippen molar-refractivity contribution < 1.29 is 52.3 Å². The summed E-state index contributed by atoms with van der Waals surface area (Å²) < 4.78 is 33.9. The second-order valence-electron chi connectivity index (χ2n) is 18.9. The molecule has 0 aromatic heterocycles. The molecule has 4 atom stereocenters. The first-order chi connectivity index (χ1) is 29.8. The lowest BCUT2D eigenvalue weighted by atomic mass is 10.0. The van der Waals surface area contributed by atoms with E-state index in [1.54, 1.807) is 0 Å². The molecule has 1 unspecified atom stereocenters. The number of hydrogen-bond acceptors (Lipinski definition) is 10. The molecular formula is C50H98NO10P. The predicted molar refractivity (Wildman–Crippen MR) is 253 cm³/mol. The van der Waals surface area contributed by atoms with E-state index in [4.69, 9.17) is 18.5 Å². The van der Waals surface area contributed by atoms with Crippen LogP contribution in [0.25, 0.3) is 0 Å². The predicted octanol–water partition coefficient (Wildman–Crippen LogP) is 12.2. The highest BCUT2D eigenvalue weighted by Crippen LogP contribution is 2.38. The zero-order valence-electron chi connectivity index (χ0n) is 40.8. The van der Waals surface area contributed by atoms with E-state index in [1.165, 1.54) is 128 Å². The van der Waals surface area contributed by atoms with Gasteiger partial charge in [0.1, 0.15) is 19.8 Å². The molecule has 0 aromatic carbocycles. The van der Waals surface area contributed by atoms with Gasteiger partial charge in [-0.3, -0.25) is 14.2 Å². The molecule has 62 heavy (non-hydrogen) atoms. The summed E-state index contributed by atoms with van der Waals surface area (Å²) in [5.41, 5.74) is 0. The Hall–Kier alpha value is -1.33. The van der Waals surface area contributed by atoms with E-state index in [-0.39, 0.29) is 26.1 Å². The molecule has 0 radical (unpaired) electrons. The molecule has 0 aliphatic rings. The number of likely N-dealkylation sites (N-methyl/N-ethyl adjacent to an activating group) is 1. The Bertz CT molecular complexity index is 1100. The number of nitrogens with zero attached hydrogens (tertiary/aromatic N) is 1. The van der Waals surface area contributed by atoms with Crippen LogP contribution in [0.3, 0.4) is 0 Å². The third-order valence-corrected chi connectivity index (χ3v) is 12.5. The molecule has 0 aromatic rings. The standard InChI is InChI=1S/C50H98NO10P/c1-6-8-10-12-14-15-16-17-18-19-20-21-22-23-24-25-26-27-28-32-36-40-49(54)58-44-46(45-60-62(56,57)59-43-42-51(3,4)5)61-50(55)41-37-33-29-31-35-39-48(53)47(52)38-34-30-13-11-9-7-2/h30,34,46-48,52-53H,6-29,31-33,35-45H2,1-5H3/b34-30-/t46-,47+,48+/m1/s1. The minimum atomic E-state index is -4.67. The fourth-order valence-corrected chi connectivity index (χ4v) is 8.06. The van der Waals surface area contributed by atoms with Gasteiger partial charge in [-0.05, 0) is 38.5 Å². The Morgan fingerprint density at radius 1 is 0.565 bits per heavy atom. The molecule has 368 valence electrons. The van der Waals surface area contributed by atoms with Gasteiger partial charge in [-0.25, -0.2) is 0 Å². The van der Waals surface area contributed by atoms with Gasteiger partial charge in [0.2, 0.25) is 0 Å². The molecule has 0 saturated heterocycles. The molecule has 0 heterocycles. The fourth-order valence-electron chi connectivity index (χ4n) is 7.33. The third-order valence-electron chi connectivity index (χ3n) is 11.5. The van der Waals surface area contributed by atoms with Gasteiger partial charge in [0.05, 0.1) is 40.0 Å². The van der Waals surface area contributed by atoms with Gasteiger partial charge < -0.3 is 38.1 Å². The average molecular weight is 904 g/mol. The topological polar surface area (TPSA) is 152 Å². The summed E-state index contributed by atoms with van der Waals surface area (Å²) in [6.07, 6.45) is 38.3. The van der Waals surface area contributed by atoms with Crippen molar-refractivity contribution in [1.82, 2.24) is 0 Å². The Balaban J connectivity index is 4.30. The largest absolute Gasteiger partial charge is 0.756 e. The molecule has 2 N–H and O–H groups in total. The molecule has 0 fully saturated rings. The smallest absolute Gasteiger partial charge is 0.306 e. The first-order valence-corrected chi connectivity index (χ1v) is 27.0. The summed E-state index contributed by atoms with van der Waals surface area (Å²) in [6, 6.07) is 0. The number of quaternary nitrogens is 1. The number of esters is 2. The van der Waals surface area contributed by atoms with Crippen LogP contribution in [-0.4, -0.2) is 92.5 Å². The normalized spacial score (nSPS) is 14.5. The van der Waals surface area contributed by atoms with E-state index in [1.807, 2.05) is 27.2 Å². The number of allylic oxidation sites excluding steroid dienone is 1. The van der Waals surface area contributed by atoms with Gasteiger partial charge in [-0.2, -0.15) is 0 Å². The number of rotatable bonds is 47. The minimum absolute atomic E-state index is 0.0562. The zero-order valence-corrected chi connectivity index (χ0v) is 41.7. The second kappa shape index (κ2) is 42.3. The van der Waals surface area contributed by atoms with Crippen molar-refractivity contribution in [2.45, 2.75) is 250 Å². The lowest BCUT2D eigenvalue weighted by molar-refractivity contribution is -0.870. The Labute approximate surface area is 381 Å². The highest BCUT2D eigenvalue weighted by molar-refractivity contribution is 7.45. The molecule has 0 rings (SSSR count). The van der Waals surface area contributed by atoms with E-state index in [9.17, 15) is 29.3 Å².